The highest BCUT2D eigenvalue weighted by Gasteiger charge is 2.11. The number of esters is 1. The lowest BCUT2D eigenvalue weighted by atomic mass is 10.3. The van der Waals surface area contributed by atoms with Crippen LogP contribution in [0.5, 0.6) is 0 Å². The predicted molar refractivity (Wildman–Crippen MR) is 77.4 cm³/mol. The number of aromatic nitrogens is 2. The van der Waals surface area contributed by atoms with Gasteiger partial charge in [0.2, 0.25) is 0 Å². The summed E-state index contributed by atoms with van der Waals surface area (Å²) in [5.74, 6) is -1.26. The summed E-state index contributed by atoms with van der Waals surface area (Å²) >= 11 is 11.6. The van der Waals surface area contributed by atoms with Crippen LogP contribution in [-0.2, 0) is 9.53 Å². The Balaban J connectivity index is 1.89. The molecule has 1 aromatic heterocycles. The maximum atomic E-state index is 11.7. The highest BCUT2D eigenvalue weighted by atomic mass is 35.5. The molecule has 0 fully saturated rings. The number of rotatable bonds is 4. The van der Waals surface area contributed by atoms with Crippen LogP contribution in [0.2, 0.25) is 10.0 Å². The Hall–Kier alpha value is -2.18. The molecule has 1 N–H and O–H groups in total. The zero-order valence-corrected chi connectivity index (χ0v) is 12.1. The third-order valence-electron chi connectivity index (χ3n) is 2.25. The SMILES string of the molecule is O=C(COC(=O)c1cnccn1)Nc1cc(Cl)cc(Cl)c1. The third-order valence-corrected chi connectivity index (χ3v) is 2.69. The first kappa shape index (κ1) is 15.2. The summed E-state index contributed by atoms with van der Waals surface area (Å²) in [6.45, 7) is -0.459. The molecule has 0 spiro atoms. The van der Waals surface area contributed by atoms with Gasteiger partial charge in [0.15, 0.2) is 12.3 Å². The van der Waals surface area contributed by atoms with Crippen molar-refractivity contribution in [1.82, 2.24) is 9.97 Å². The molecule has 0 unspecified atom stereocenters. The van der Waals surface area contributed by atoms with Gasteiger partial charge in [-0.3, -0.25) is 9.78 Å². The van der Waals surface area contributed by atoms with Crippen LogP contribution in [0.4, 0.5) is 5.69 Å². The Morgan fingerprint density at radius 3 is 2.48 bits per heavy atom. The van der Waals surface area contributed by atoms with Gasteiger partial charge in [-0.2, -0.15) is 0 Å². The molecule has 0 radical (unpaired) electrons. The Kier molecular flexibility index (Phi) is 5.08. The van der Waals surface area contributed by atoms with E-state index in [0.29, 0.717) is 15.7 Å². The van der Waals surface area contributed by atoms with Gasteiger partial charge in [0.05, 0.1) is 6.20 Å². The summed E-state index contributed by atoms with van der Waals surface area (Å²) in [6.07, 6.45) is 4.02. The fraction of sp³-hybridized carbons (Fsp3) is 0.0769. The summed E-state index contributed by atoms with van der Waals surface area (Å²) in [4.78, 5) is 30.7. The van der Waals surface area contributed by atoms with E-state index in [1.165, 1.54) is 36.8 Å². The van der Waals surface area contributed by atoms with E-state index in [0.717, 1.165) is 0 Å². The molecule has 6 nitrogen and oxygen atoms in total. The maximum absolute atomic E-state index is 11.7. The van der Waals surface area contributed by atoms with Gasteiger partial charge >= 0.3 is 5.97 Å². The molecule has 0 aliphatic carbocycles. The van der Waals surface area contributed by atoms with Gasteiger partial charge in [-0.15, -0.1) is 0 Å². The Morgan fingerprint density at radius 1 is 1.14 bits per heavy atom. The maximum Gasteiger partial charge on any atom is 0.359 e. The van der Waals surface area contributed by atoms with Gasteiger partial charge in [-0.05, 0) is 18.2 Å². The van der Waals surface area contributed by atoms with Crippen molar-refractivity contribution in [2.45, 2.75) is 0 Å². The van der Waals surface area contributed by atoms with Crippen LogP contribution in [0.1, 0.15) is 10.5 Å². The third kappa shape index (κ3) is 4.70. The fourth-order valence-corrected chi connectivity index (χ4v) is 1.96. The molecule has 0 atom stereocenters. The van der Waals surface area contributed by atoms with E-state index >= 15 is 0 Å². The van der Waals surface area contributed by atoms with Crippen molar-refractivity contribution in [1.29, 1.82) is 0 Å². The summed E-state index contributed by atoms with van der Waals surface area (Å²) < 4.78 is 4.80. The minimum absolute atomic E-state index is 0.0242. The topological polar surface area (TPSA) is 81.2 Å². The molecule has 0 saturated heterocycles. The molecule has 108 valence electrons. The number of carbonyl (C=O) groups excluding carboxylic acids is 2. The van der Waals surface area contributed by atoms with Crippen molar-refractivity contribution in [3.05, 3.63) is 52.5 Å². The average Bonchev–Trinajstić information content (AvgIpc) is 2.44. The van der Waals surface area contributed by atoms with E-state index in [4.69, 9.17) is 27.9 Å². The van der Waals surface area contributed by atoms with Gasteiger partial charge in [-0.25, -0.2) is 9.78 Å². The Bertz CT molecular complexity index is 645. The van der Waals surface area contributed by atoms with E-state index in [-0.39, 0.29) is 5.69 Å². The van der Waals surface area contributed by atoms with Crippen molar-refractivity contribution in [3.8, 4) is 0 Å². The van der Waals surface area contributed by atoms with Crippen molar-refractivity contribution in [2.75, 3.05) is 11.9 Å². The lowest BCUT2D eigenvalue weighted by Gasteiger charge is -2.07. The first-order valence-electron chi connectivity index (χ1n) is 5.73. The molecule has 0 aliphatic rings. The minimum atomic E-state index is -0.734. The molecule has 0 saturated carbocycles. The highest BCUT2D eigenvalue weighted by molar-refractivity contribution is 6.35. The van der Waals surface area contributed by atoms with E-state index < -0.39 is 18.5 Å². The number of halogens is 2. The van der Waals surface area contributed by atoms with Crippen LogP contribution >= 0.6 is 23.2 Å². The van der Waals surface area contributed by atoms with Crippen LogP contribution in [0.25, 0.3) is 0 Å². The zero-order valence-electron chi connectivity index (χ0n) is 10.5. The number of hydrogen-bond acceptors (Lipinski definition) is 5. The predicted octanol–water partition coefficient (Wildman–Crippen LogP) is 2.58. The molecular weight excluding hydrogens is 317 g/mol. The first-order chi connectivity index (χ1) is 10.0. The van der Waals surface area contributed by atoms with E-state index in [1.54, 1.807) is 0 Å². The quantitative estimate of drug-likeness (QED) is 0.874. The molecule has 1 amide bonds. The summed E-state index contributed by atoms with van der Waals surface area (Å²) in [6, 6.07) is 4.58. The van der Waals surface area contributed by atoms with Gasteiger partial charge in [0.1, 0.15) is 0 Å². The second-order valence-electron chi connectivity index (χ2n) is 3.87. The monoisotopic (exact) mass is 325 g/mol. The number of carbonyl (C=O) groups is 2. The van der Waals surface area contributed by atoms with E-state index in [2.05, 4.69) is 15.3 Å². The van der Waals surface area contributed by atoms with Crippen LogP contribution in [-0.4, -0.2) is 28.5 Å². The average molecular weight is 326 g/mol. The lowest BCUT2D eigenvalue weighted by molar-refractivity contribution is -0.119. The van der Waals surface area contributed by atoms with Crippen LogP contribution in [0.15, 0.2) is 36.8 Å². The highest BCUT2D eigenvalue weighted by Crippen LogP contribution is 2.22. The molecule has 0 aliphatic heterocycles. The van der Waals surface area contributed by atoms with Crippen molar-refractivity contribution < 1.29 is 14.3 Å². The number of hydrogen-bond donors (Lipinski definition) is 1. The molecule has 0 bridgehead atoms. The molecule has 1 aromatic carbocycles. The van der Waals surface area contributed by atoms with Gasteiger partial charge in [0, 0.05) is 28.1 Å². The van der Waals surface area contributed by atoms with Gasteiger partial charge < -0.3 is 10.1 Å². The zero-order chi connectivity index (χ0) is 15.2. The number of amides is 1. The number of ether oxygens (including phenoxy) is 1. The summed E-state index contributed by atoms with van der Waals surface area (Å²) in [5.41, 5.74) is 0.434. The number of benzene rings is 1. The molecular formula is C13H9Cl2N3O3. The Labute approximate surface area is 130 Å². The van der Waals surface area contributed by atoms with E-state index in [9.17, 15) is 9.59 Å². The van der Waals surface area contributed by atoms with Gasteiger partial charge in [0.25, 0.3) is 5.91 Å². The van der Waals surface area contributed by atoms with Crippen molar-refractivity contribution >= 4 is 40.8 Å². The molecule has 21 heavy (non-hydrogen) atoms. The number of nitrogens with zero attached hydrogens (tertiary/aromatic N) is 2. The standard InChI is InChI=1S/C13H9Cl2N3O3/c14-8-3-9(15)5-10(4-8)18-12(19)7-21-13(20)11-6-16-1-2-17-11/h1-6H,7H2,(H,18,19). The lowest BCUT2D eigenvalue weighted by Crippen LogP contribution is -2.21. The van der Waals surface area contributed by atoms with E-state index in [1.807, 2.05) is 0 Å². The summed E-state index contributed by atoms with van der Waals surface area (Å²) in [7, 11) is 0. The number of anilines is 1. The van der Waals surface area contributed by atoms with Crippen LogP contribution in [0, 0.1) is 0 Å². The second kappa shape index (κ2) is 7.01. The first-order valence-corrected chi connectivity index (χ1v) is 6.49. The second-order valence-corrected chi connectivity index (χ2v) is 4.75. The Morgan fingerprint density at radius 2 is 1.86 bits per heavy atom. The minimum Gasteiger partial charge on any atom is -0.451 e. The van der Waals surface area contributed by atoms with Gasteiger partial charge in [-0.1, -0.05) is 23.2 Å². The molecule has 1 heterocycles. The fourth-order valence-electron chi connectivity index (χ4n) is 1.43. The van der Waals surface area contributed by atoms with Crippen molar-refractivity contribution in [2.24, 2.45) is 0 Å². The molecule has 8 heteroatoms. The normalized spacial score (nSPS) is 10.0. The van der Waals surface area contributed by atoms with Crippen LogP contribution < -0.4 is 5.32 Å². The summed E-state index contributed by atoms with van der Waals surface area (Å²) in [5, 5.41) is 3.28. The van der Waals surface area contributed by atoms with Crippen molar-refractivity contribution in [3.63, 3.8) is 0 Å². The number of nitrogens with one attached hydrogen (secondary N) is 1. The largest absolute Gasteiger partial charge is 0.451 e. The molecule has 2 aromatic rings. The van der Waals surface area contributed by atoms with Crippen LogP contribution in [0.3, 0.4) is 0 Å². The molecule has 2 rings (SSSR count). The smallest absolute Gasteiger partial charge is 0.359 e.